The fourth-order valence-corrected chi connectivity index (χ4v) is 3.49. The number of aryl methyl sites for hydroxylation is 1. The second kappa shape index (κ2) is 7.27. The van der Waals surface area contributed by atoms with Crippen LogP contribution in [0.2, 0.25) is 0 Å². The van der Waals surface area contributed by atoms with Crippen molar-refractivity contribution in [2.24, 2.45) is 0 Å². The van der Waals surface area contributed by atoms with Crippen LogP contribution < -0.4 is 9.80 Å². The maximum Gasteiger partial charge on any atom is 0.255 e. The van der Waals surface area contributed by atoms with Gasteiger partial charge in [-0.15, -0.1) is 0 Å². The van der Waals surface area contributed by atoms with Crippen LogP contribution in [0.25, 0.3) is 0 Å². The molecule has 0 saturated carbocycles. The molecule has 0 N–H and O–H groups in total. The summed E-state index contributed by atoms with van der Waals surface area (Å²) < 4.78 is 14.3. The van der Waals surface area contributed by atoms with Gasteiger partial charge in [0.05, 0.1) is 5.69 Å². The molecule has 0 bridgehead atoms. The van der Waals surface area contributed by atoms with E-state index in [1.54, 1.807) is 12.1 Å². The molecule has 0 radical (unpaired) electrons. The van der Waals surface area contributed by atoms with E-state index in [0.29, 0.717) is 11.3 Å². The quantitative estimate of drug-likeness (QED) is 0.687. The number of hydrogen-bond acceptors (Lipinski definition) is 2. The number of amides is 2. The Bertz CT molecular complexity index is 1020. The zero-order valence-corrected chi connectivity index (χ0v) is 15.4. The molecule has 1 heterocycles. The Labute approximate surface area is 162 Å². The Morgan fingerprint density at radius 2 is 1.50 bits per heavy atom. The molecule has 5 heteroatoms. The van der Waals surface area contributed by atoms with Gasteiger partial charge >= 0.3 is 0 Å². The van der Waals surface area contributed by atoms with Gasteiger partial charge in [-0.05, 0) is 36.8 Å². The van der Waals surface area contributed by atoms with Gasteiger partial charge in [0.25, 0.3) is 5.91 Å². The summed E-state index contributed by atoms with van der Waals surface area (Å²) in [6.07, 6.45) is 0. The summed E-state index contributed by atoms with van der Waals surface area (Å²) in [4.78, 5) is 29.3. The first-order valence-electron chi connectivity index (χ1n) is 9.06. The normalized spacial score (nSPS) is 17.1. The number of nitrogens with zero attached hydrogens (tertiary/aromatic N) is 2. The summed E-state index contributed by atoms with van der Waals surface area (Å²) in [5.41, 5.74) is 2.50. The molecule has 0 spiro atoms. The first-order valence-corrected chi connectivity index (χ1v) is 9.06. The van der Waals surface area contributed by atoms with Gasteiger partial charge in [-0.25, -0.2) is 4.39 Å². The van der Waals surface area contributed by atoms with E-state index < -0.39 is 11.9 Å². The van der Waals surface area contributed by atoms with Crippen LogP contribution in [0.3, 0.4) is 0 Å². The second-order valence-electron chi connectivity index (χ2n) is 6.79. The lowest BCUT2D eigenvalue weighted by atomic mass is 9.99. The third kappa shape index (κ3) is 3.16. The number of piperazine rings is 1. The van der Waals surface area contributed by atoms with Gasteiger partial charge in [0, 0.05) is 5.69 Å². The lowest BCUT2D eigenvalue weighted by Gasteiger charge is -2.40. The number of rotatable bonds is 3. The highest BCUT2D eigenvalue weighted by Gasteiger charge is 2.42. The van der Waals surface area contributed by atoms with Crippen LogP contribution in [0, 0.1) is 12.7 Å². The Morgan fingerprint density at radius 3 is 2.18 bits per heavy atom. The molecular formula is C23H19FN2O2. The van der Waals surface area contributed by atoms with E-state index in [1.165, 1.54) is 21.9 Å². The lowest BCUT2D eigenvalue weighted by molar-refractivity contribution is -0.128. The first-order chi connectivity index (χ1) is 13.6. The minimum Gasteiger partial charge on any atom is -0.298 e. The van der Waals surface area contributed by atoms with Crippen LogP contribution >= 0.6 is 0 Å². The third-order valence-corrected chi connectivity index (χ3v) is 4.89. The molecule has 4 nitrogen and oxygen atoms in total. The number of carbonyl (C=O) groups is 2. The predicted octanol–water partition coefficient (Wildman–Crippen LogP) is 4.26. The van der Waals surface area contributed by atoms with Gasteiger partial charge in [-0.1, -0.05) is 60.2 Å². The summed E-state index contributed by atoms with van der Waals surface area (Å²) in [6, 6.07) is 21.7. The van der Waals surface area contributed by atoms with E-state index in [4.69, 9.17) is 0 Å². The van der Waals surface area contributed by atoms with Crippen LogP contribution in [0.1, 0.15) is 17.2 Å². The topological polar surface area (TPSA) is 40.6 Å². The van der Waals surface area contributed by atoms with Gasteiger partial charge in [0.1, 0.15) is 18.4 Å². The smallest absolute Gasteiger partial charge is 0.255 e. The largest absolute Gasteiger partial charge is 0.298 e. The Hall–Kier alpha value is -3.47. The maximum absolute atomic E-state index is 14.3. The second-order valence-corrected chi connectivity index (χ2v) is 6.79. The first kappa shape index (κ1) is 17.9. The number of para-hydroxylation sites is 1. The summed E-state index contributed by atoms with van der Waals surface area (Å²) >= 11 is 0. The summed E-state index contributed by atoms with van der Waals surface area (Å²) in [7, 11) is 0. The van der Waals surface area contributed by atoms with Crippen LogP contribution in [0.5, 0.6) is 0 Å². The van der Waals surface area contributed by atoms with Crippen molar-refractivity contribution in [2.45, 2.75) is 13.0 Å². The molecule has 140 valence electrons. The van der Waals surface area contributed by atoms with Crippen molar-refractivity contribution in [2.75, 3.05) is 16.3 Å². The molecule has 0 aromatic heterocycles. The Balaban J connectivity index is 1.82. The Morgan fingerprint density at radius 1 is 0.857 bits per heavy atom. The van der Waals surface area contributed by atoms with E-state index in [-0.39, 0.29) is 24.0 Å². The van der Waals surface area contributed by atoms with Crippen molar-refractivity contribution >= 4 is 23.2 Å². The lowest BCUT2D eigenvalue weighted by Crippen LogP contribution is -2.56. The van der Waals surface area contributed by atoms with Gasteiger partial charge < -0.3 is 0 Å². The van der Waals surface area contributed by atoms with E-state index in [1.807, 2.05) is 61.5 Å². The van der Waals surface area contributed by atoms with E-state index in [0.717, 1.165) is 5.56 Å². The van der Waals surface area contributed by atoms with Crippen molar-refractivity contribution in [1.82, 2.24) is 0 Å². The fraction of sp³-hybridized carbons (Fsp3) is 0.130. The van der Waals surface area contributed by atoms with Crippen LogP contribution in [-0.2, 0) is 9.59 Å². The molecule has 1 atom stereocenters. The van der Waals surface area contributed by atoms with Gasteiger partial charge in [0.2, 0.25) is 5.91 Å². The number of anilines is 2. The molecule has 4 rings (SSSR count). The van der Waals surface area contributed by atoms with Crippen molar-refractivity contribution in [3.8, 4) is 0 Å². The van der Waals surface area contributed by atoms with Gasteiger partial charge in [-0.3, -0.25) is 19.4 Å². The molecular weight excluding hydrogens is 355 g/mol. The van der Waals surface area contributed by atoms with Crippen molar-refractivity contribution in [3.63, 3.8) is 0 Å². The SMILES string of the molecule is Cc1ccc(N2C(=O)CN(c3ccccc3F)C(=O)[C@@H]2c2ccccc2)cc1. The molecule has 28 heavy (non-hydrogen) atoms. The van der Waals surface area contributed by atoms with Crippen molar-refractivity contribution in [1.29, 1.82) is 0 Å². The highest BCUT2D eigenvalue weighted by Crippen LogP contribution is 2.35. The molecule has 1 aliphatic rings. The minimum absolute atomic E-state index is 0.116. The highest BCUT2D eigenvalue weighted by molar-refractivity contribution is 6.14. The summed E-state index contributed by atoms with van der Waals surface area (Å²) in [6.45, 7) is 1.75. The van der Waals surface area contributed by atoms with Crippen LogP contribution in [0.4, 0.5) is 15.8 Å². The number of benzene rings is 3. The third-order valence-electron chi connectivity index (χ3n) is 4.89. The zero-order chi connectivity index (χ0) is 19.7. The number of carbonyl (C=O) groups excluding carboxylic acids is 2. The molecule has 0 aliphatic carbocycles. The summed E-state index contributed by atoms with van der Waals surface area (Å²) in [5, 5.41) is 0. The van der Waals surface area contributed by atoms with Gasteiger partial charge in [-0.2, -0.15) is 0 Å². The molecule has 0 unspecified atom stereocenters. The van der Waals surface area contributed by atoms with Crippen molar-refractivity contribution < 1.29 is 14.0 Å². The van der Waals surface area contributed by atoms with E-state index in [2.05, 4.69) is 0 Å². The monoisotopic (exact) mass is 374 g/mol. The molecule has 1 aliphatic heterocycles. The standard InChI is InChI=1S/C23H19FN2O2/c1-16-11-13-18(14-12-16)26-21(27)15-25(20-10-6-5-9-19(20)24)23(28)22(26)17-7-3-2-4-8-17/h2-14,22H,15H2,1H3/t22-/m0/s1. The van der Waals surface area contributed by atoms with E-state index in [9.17, 15) is 14.0 Å². The average Bonchev–Trinajstić information content (AvgIpc) is 2.71. The van der Waals surface area contributed by atoms with Crippen LogP contribution in [-0.4, -0.2) is 18.4 Å². The summed E-state index contributed by atoms with van der Waals surface area (Å²) in [5.74, 6) is -1.13. The molecule has 1 fully saturated rings. The van der Waals surface area contributed by atoms with Crippen LogP contribution in [0.15, 0.2) is 78.9 Å². The predicted molar refractivity (Wildman–Crippen MR) is 107 cm³/mol. The zero-order valence-electron chi connectivity index (χ0n) is 15.4. The minimum atomic E-state index is -0.857. The van der Waals surface area contributed by atoms with Crippen molar-refractivity contribution in [3.05, 3.63) is 95.8 Å². The highest BCUT2D eigenvalue weighted by atomic mass is 19.1. The molecule has 1 saturated heterocycles. The fourth-order valence-electron chi connectivity index (χ4n) is 3.49. The van der Waals surface area contributed by atoms with E-state index >= 15 is 0 Å². The Kier molecular flexibility index (Phi) is 4.65. The number of halogens is 1. The maximum atomic E-state index is 14.3. The molecule has 2 amide bonds. The molecule has 3 aromatic rings. The average molecular weight is 374 g/mol. The number of hydrogen-bond donors (Lipinski definition) is 0. The van der Waals surface area contributed by atoms with Gasteiger partial charge in [0.15, 0.2) is 0 Å². The molecule has 3 aromatic carbocycles.